The van der Waals surface area contributed by atoms with Gasteiger partial charge in [0, 0.05) is 12.1 Å². The number of rotatable bonds is 7. The summed E-state index contributed by atoms with van der Waals surface area (Å²) >= 11 is 0. The van der Waals surface area contributed by atoms with Crippen LogP contribution in [0.4, 0.5) is 42.5 Å². The Bertz CT molecular complexity index is 1440. The third kappa shape index (κ3) is 6.95. The van der Waals surface area contributed by atoms with Gasteiger partial charge in [-0.3, -0.25) is 9.62 Å². The average molecular weight is 615 g/mol. The lowest BCUT2D eigenvalue weighted by atomic mass is 9.98. The van der Waals surface area contributed by atoms with Crippen LogP contribution in [-0.2, 0) is 25.7 Å². The van der Waals surface area contributed by atoms with Gasteiger partial charge in [-0.25, -0.2) is 18.0 Å². The van der Waals surface area contributed by atoms with Gasteiger partial charge < -0.3 is 19.7 Å². The Hall–Kier alpha value is -3.73. The van der Waals surface area contributed by atoms with Gasteiger partial charge in [0.15, 0.2) is 5.60 Å². The molecule has 2 unspecified atom stereocenters. The lowest BCUT2D eigenvalue weighted by Gasteiger charge is -2.37. The predicted octanol–water partition coefficient (Wildman–Crippen LogP) is 4.78. The van der Waals surface area contributed by atoms with Gasteiger partial charge in [-0.2, -0.15) is 26.3 Å². The molecule has 226 valence electrons. The van der Waals surface area contributed by atoms with Crippen LogP contribution < -0.4 is 14.4 Å². The Morgan fingerprint density at radius 3 is 2.27 bits per heavy atom. The van der Waals surface area contributed by atoms with E-state index in [2.05, 4.69) is 4.74 Å². The summed E-state index contributed by atoms with van der Waals surface area (Å²) in [6, 6.07) is 5.94. The molecule has 0 bridgehead atoms. The van der Waals surface area contributed by atoms with Crippen LogP contribution in [0, 0.1) is 0 Å². The summed E-state index contributed by atoms with van der Waals surface area (Å²) in [7, 11) is -4.83. The Balaban J connectivity index is 2.05. The highest BCUT2D eigenvalue weighted by Gasteiger charge is 2.51. The second-order valence-corrected chi connectivity index (χ2v) is 11.7. The van der Waals surface area contributed by atoms with Gasteiger partial charge in [-0.15, -0.1) is 0 Å². The molecule has 2 aromatic rings. The monoisotopic (exact) mass is 614 g/mol. The Morgan fingerprint density at radius 1 is 1.07 bits per heavy atom. The second-order valence-electron chi connectivity index (χ2n) is 9.79. The number of aliphatic hydroxyl groups is 1. The molecule has 0 aliphatic carbocycles. The zero-order valence-electron chi connectivity index (χ0n) is 21.5. The van der Waals surface area contributed by atoms with Crippen molar-refractivity contribution in [1.82, 2.24) is 0 Å². The molecule has 0 saturated carbocycles. The normalized spacial score (nSPS) is 17.6. The number of carboxylic acids is 1. The van der Waals surface area contributed by atoms with Crippen molar-refractivity contribution in [2.24, 2.45) is 0 Å². The molecule has 3 rings (SSSR count). The maximum atomic E-state index is 13.6. The highest BCUT2D eigenvalue weighted by molar-refractivity contribution is 7.92. The minimum absolute atomic E-state index is 0.243. The summed E-state index contributed by atoms with van der Waals surface area (Å²) in [5, 5.41) is 21.5. The number of alkyl halides is 6. The number of carbonyl (C=O) groups excluding carboxylic acids is 1. The van der Waals surface area contributed by atoms with E-state index in [0.29, 0.717) is 30.3 Å². The van der Waals surface area contributed by atoms with Gasteiger partial charge in [-0.1, -0.05) is 6.07 Å². The Labute approximate surface area is 229 Å². The molecule has 1 amide bonds. The first-order chi connectivity index (χ1) is 18.5. The number of hydrogen-bond donors (Lipinski definition) is 3. The van der Waals surface area contributed by atoms with E-state index in [1.165, 1.54) is 0 Å². The predicted molar refractivity (Wildman–Crippen MR) is 130 cm³/mol. The van der Waals surface area contributed by atoms with Crippen molar-refractivity contribution in [2.75, 3.05) is 16.2 Å². The number of fused-ring (bicyclic) bond motifs is 1. The first kappa shape index (κ1) is 31.8. The maximum Gasteiger partial charge on any atom is 0.427 e. The summed E-state index contributed by atoms with van der Waals surface area (Å²) in [4.78, 5) is 22.8. The van der Waals surface area contributed by atoms with E-state index in [0.717, 1.165) is 37.3 Å². The van der Waals surface area contributed by atoms with E-state index < -0.39 is 75.2 Å². The number of amides is 1. The van der Waals surface area contributed by atoms with E-state index in [1.54, 1.807) is 0 Å². The number of nitrogens with one attached hydrogen (secondary N) is 1. The Morgan fingerprint density at radius 2 is 1.71 bits per heavy atom. The fraction of sp³-hybridized carbons (Fsp3) is 0.417. The van der Waals surface area contributed by atoms with Gasteiger partial charge in [0.2, 0.25) is 5.60 Å². The number of carbonyl (C=O) groups is 2. The van der Waals surface area contributed by atoms with E-state index in [4.69, 9.17) is 4.74 Å². The van der Waals surface area contributed by atoms with Crippen LogP contribution >= 0.6 is 0 Å². The quantitative estimate of drug-likeness (QED) is 0.379. The summed E-state index contributed by atoms with van der Waals surface area (Å²) < 4.78 is 117. The maximum absolute atomic E-state index is 13.6. The largest absolute Gasteiger partial charge is 0.486 e. The Kier molecular flexibility index (Phi) is 8.21. The van der Waals surface area contributed by atoms with E-state index in [-0.39, 0.29) is 17.1 Å². The molecule has 1 aliphatic heterocycles. The lowest BCUT2D eigenvalue weighted by molar-refractivity contribution is -0.242. The number of benzene rings is 2. The van der Waals surface area contributed by atoms with Gasteiger partial charge >= 0.3 is 24.4 Å². The van der Waals surface area contributed by atoms with Crippen LogP contribution in [0.5, 0.6) is 5.75 Å². The zero-order valence-corrected chi connectivity index (χ0v) is 22.3. The van der Waals surface area contributed by atoms with E-state index in [1.807, 2.05) is 5.32 Å². The highest BCUT2D eigenvalue weighted by Crippen LogP contribution is 2.41. The molecule has 3 N–H and O–H groups in total. The molecule has 17 heteroatoms. The molecule has 0 aromatic heterocycles. The minimum Gasteiger partial charge on any atom is -0.486 e. The van der Waals surface area contributed by atoms with Crippen molar-refractivity contribution in [1.29, 1.82) is 0 Å². The fourth-order valence-electron chi connectivity index (χ4n) is 3.65. The van der Waals surface area contributed by atoms with Crippen molar-refractivity contribution in [2.45, 2.75) is 61.7 Å². The number of anilines is 2. The number of halogens is 6. The first-order valence-corrected chi connectivity index (χ1v) is 13.0. The standard InChI is InChI=1S/C24H24F6N2O8S/c1-21(2,24(28,29)30)40-20(35)31-14-7-8-18-17(10-14)32(12-15(39-18)11-22(3,36)19(33)34)41(37,38)16-6-4-5-13(9-16)23(25,26)27/h4-10,15,36H,11-12H2,1-3H3,(H,31,35)(H,33,34). The third-order valence-electron chi connectivity index (χ3n) is 6.00. The van der Waals surface area contributed by atoms with E-state index in [9.17, 15) is 54.6 Å². The topological polar surface area (TPSA) is 142 Å². The van der Waals surface area contributed by atoms with Crippen molar-refractivity contribution in [3.63, 3.8) is 0 Å². The smallest absolute Gasteiger partial charge is 0.427 e. The number of carboxylic acid groups (broad SMARTS) is 1. The molecule has 41 heavy (non-hydrogen) atoms. The molecule has 1 heterocycles. The van der Waals surface area contributed by atoms with Crippen LogP contribution in [-0.4, -0.2) is 60.7 Å². The average Bonchev–Trinajstić information content (AvgIpc) is 2.81. The van der Waals surface area contributed by atoms with Crippen molar-refractivity contribution >= 4 is 33.5 Å². The summed E-state index contributed by atoms with van der Waals surface area (Å²) in [6.45, 7) is 1.44. The number of aliphatic carboxylic acids is 1. The highest BCUT2D eigenvalue weighted by atomic mass is 32.2. The molecule has 0 fully saturated rings. The van der Waals surface area contributed by atoms with Crippen LogP contribution in [0.25, 0.3) is 0 Å². The number of nitrogens with zero attached hydrogens (tertiary/aromatic N) is 1. The van der Waals surface area contributed by atoms with Crippen molar-refractivity contribution < 1.29 is 64.0 Å². The number of ether oxygens (including phenoxy) is 2. The fourth-order valence-corrected chi connectivity index (χ4v) is 5.19. The third-order valence-corrected chi connectivity index (χ3v) is 7.78. The van der Waals surface area contributed by atoms with Crippen LogP contribution in [0.1, 0.15) is 32.8 Å². The number of sulfonamides is 1. The molecule has 0 spiro atoms. The summed E-state index contributed by atoms with van der Waals surface area (Å²) in [5.41, 5.74) is -7.16. The molecule has 10 nitrogen and oxygen atoms in total. The van der Waals surface area contributed by atoms with Crippen LogP contribution in [0.15, 0.2) is 47.4 Å². The molecular formula is C24H24F6N2O8S. The summed E-state index contributed by atoms with van der Waals surface area (Å²) in [6.07, 6.45) is -13.3. The first-order valence-electron chi connectivity index (χ1n) is 11.6. The number of hydrogen-bond acceptors (Lipinski definition) is 7. The zero-order chi connectivity index (χ0) is 31.2. The molecule has 0 saturated heterocycles. The van der Waals surface area contributed by atoms with Gasteiger partial charge in [0.1, 0.15) is 11.9 Å². The molecule has 2 atom stereocenters. The molecule has 0 radical (unpaired) electrons. The lowest BCUT2D eigenvalue weighted by Crippen LogP contribution is -2.48. The SMILES string of the molecule is CC(O)(CC1CN(S(=O)(=O)c2cccc(C(F)(F)F)c2)c2cc(NC(=O)OC(C)(C)C(F)(F)F)ccc2O1)C(=O)O. The van der Waals surface area contributed by atoms with Gasteiger partial charge in [0.05, 0.1) is 22.7 Å². The molecule has 1 aliphatic rings. The van der Waals surface area contributed by atoms with Crippen molar-refractivity contribution in [3.8, 4) is 5.75 Å². The van der Waals surface area contributed by atoms with Gasteiger partial charge in [-0.05, 0) is 57.2 Å². The van der Waals surface area contributed by atoms with Crippen LogP contribution in [0.2, 0.25) is 0 Å². The van der Waals surface area contributed by atoms with Crippen molar-refractivity contribution in [3.05, 3.63) is 48.0 Å². The minimum atomic E-state index is -4.92. The molecule has 2 aromatic carbocycles. The molecular weight excluding hydrogens is 590 g/mol. The van der Waals surface area contributed by atoms with Gasteiger partial charge in [0.25, 0.3) is 10.0 Å². The second kappa shape index (κ2) is 10.6. The summed E-state index contributed by atoms with van der Waals surface area (Å²) in [5.74, 6) is -1.90. The van der Waals surface area contributed by atoms with Crippen LogP contribution in [0.3, 0.4) is 0 Å². The van der Waals surface area contributed by atoms with E-state index >= 15 is 0 Å².